The first kappa shape index (κ1) is 12.1. The van der Waals surface area contributed by atoms with E-state index in [2.05, 4.69) is 0 Å². The van der Waals surface area contributed by atoms with Crippen molar-refractivity contribution in [2.24, 2.45) is 0 Å². The lowest BCUT2D eigenvalue weighted by molar-refractivity contribution is -0.125. The average molecular weight is 226 g/mol. The van der Waals surface area contributed by atoms with E-state index < -0.39 is 5.60 Å². The molecule has 0 spiro atoms. The lowest BCUT2D eigenvalue weighted by Gasteiger charge is -2.31. The fourth-order valence-electron chi connectivity index (χ4n) is 2.77. The third-order valence-corrected chi connectivity index (χ3v) is 3.93. The molecule has 0 bridgehead atoms. The van der Waals surface area contributed by atoms with Gasteiger partial charge in [0.15, 0.2) is 0 Å². The van der Waals surface area contributed by atoms with Gasteiger partial charge in [0.25, 0.3) is 0 Å². The van der Waals surface area contributed by atoms with Crippen molar-refractivity contribution in [3.05, 3.63) is 0 Å². The van der Waals surface area contributed by atoms with Gasteiger partial charge in [-0.3, -0.25) is 4.79 Å². The Bertz CT molecular complexity index is 234. The summed E-state index contributed by atoms with van der Waals surface area (Å²) in [6, 6.07) is 0. The van der Waals surface area contributed by atoms with Crippen LogP contribution in [-0.2, 0) is 9.53 Å². The van der Waals surface area contributed by atoms with E-state index in [0.29, 0.717) is 37.6 Å². The fraction of sp³-hybridized carbons (Fsp3) is 0.923. The van der Waals surface area contributed by atoms with Gasteiger partial charge in [-0.1, -0.05) is 0 Å². The second-order valence-corrected chi connectivity index (χ2v) is 5.29. The predicted octanol–water partition coefficient (Wildman–Crippen LogP) is 2.21. The van der Waals surface area contributed by atoms with Crippen LogP contribution in [0.25, 0.3) is 0 Å². The van der Waals surface area contributed by atoms with Crippen LogP contribution in [0.1, 0.15) is 57.8 Å². The topological polar surface area (TPSA) is 46.5 Å². The van der Waals surface area contributed by atoms with E-state index in [1.165, 1.54) is 12.8 Å². The quantitative estimate of drug-likeness (QED) is 0.799. The van der Waals surface area contributed by atoms with Gasteiger partial charge in [-0.05, 0) is 44.9 Å². The van der Waals surface area contributed by atoms with Crippen molar-refractivity contribution in [2.45, 2.75) is 69.5 Å². The van der Waals surface area contributed by atoms with E-state index >= 15 is 0 Å². The Balaban J connectivity index is 1.66. The first-order valence-corrected chi connectivity index (χ1v) is 6.54. The monoisotopic (exact) mass is 226 g/mol. The molecule has 0 aromatic rings. The molecule has 0 amide bonds. The molecule has 1 N–H and O–H groups in total. The van der Waals surface area contributed by atoms with Crippen LogP contribution >= 0.6 is 0 Å². The molecule has 1 heterocycles. The van der Waals surface area contributed by atoms with Crippen molar-refractivity contribution in [1.29, 1.82) is 0 Å². The molecule has 2 fully saturated rings. The molecule has 1 saturated carbocycles. The predicted molar refractivity (Wildman–Crippen MR) is 61.2 cm³/mol. The summed E-state index contributed by atoms with van der Waals surface area (Å²) >= 11 is 0. The SMILES string of the molecule is O=C1CCC(O)(CCCC2CCCO2)CC1. The highest BCUT2D eigenvalue weighted by atomic mass is 16.5. The van der Waals surface area contributed by atoms with E-state index in [0.717, 1.165) is 25.9 Å². The summed E-state index contributed by atoms with van der Waals surface area (Å²) in [4.78, 5) is 11.1. The van der Waals surface area contributed by atoms with E-state index in [-0.39, 0.29) is 0 Å². The molecule has 1 aliphatic carbocycles. The van der Waals surface area contributed by atoms with Gasteiger partial charge in [0.1, 0.15) is 5.78 Å². The highest BCUT2D eigenvalue weighted by Gasteiger charge is 2.32. The molecular formula is C13H22O3. The number of aliphatic hydroxyl groups is 1. The lowest BCUT2D eigenvalue weighted by Crippen LogP contribution is -2.34. The molecule has 0 aromatic heterocycles. The molecule has 3 nitrogen and oxygen atoms in total. The summed E-state index contributed by atoms with van der Waals surface area (Å²) in [5.41, 5.74) is -0.563. The Hall–Kier alpha value is -0.410. The molecule has 16 heavy (non-hydrogen) atoms. The van der Waals surface area contributed by atoms with Gasteiger partial charge in [0.2, 0.25) is 0 Å². The minimum absolute atomic E-state index is 0.309. The largest absolute Gasteiger partial charge is 0.390 e. The number of hydrogen-bond donors (Lipinski definition) is 1. The van der Waals surface area contributed by atoms with Gasteiger partial charge in [-0.15, -0.1) is 0 Å². The Morgan fingerprint density at radius 1 is 1.38 bits per heavy atom. The summed E-state index contributed by atoms with van der Waals surface area (Å²) < 4.78 is 5.56. The standard InChI is InChI=1S/C13H22O3/c14-11-5-8-13(15,9-6-11)7-1-3-12-4-2-10-16-12/h12,15H,1-10H2. The zero-order valence-electron chi connectivity index (χ0n) is 9.91. The summed E-state index contributed by atoms with van der Waals surface area (Å²) in [6.45, 7) is 0.906. The zero-order valence-corrected chi connectivity index (χ0v) is 9.91. The molecule has 3 heteroatoms. The van der Waals surface area contributed by atoms with Gasteiger partial charge < -0.3 is 9.84 Å². The minimum Gasteiger partial charge on any atom is -0.390 e. The summed E-state index contributed by atoms with van der Waals surface area (Å²) in [5.74, 6) is 0.309. The number of carbonyl (C=O) groups is 1. The van der Waals surface area contributed by atoms with Crippen LogP contribution in [0, 0.1) is 0 Å². The number of ether oxygens (including phenoxy) is 1. The Labute approximate surface area is 97.2 Å². The van der Waals surface area contributed by atoms with Gasteiger partial charge in [-0.25, -0.2) is 0 Å². The number of hydrogen-bond acceptors (Lipinski definition) is 3. The van der Waals surface area contributed by atoms with E-state index in [1.54, 1.807) is 0 Å². The Morgan fingerprint density at radius 3 is 2.75 bits per heavy atom. The maximum atomic E-state index is 11.1. The van der Waals surface area contributed by atoms with Gasteiger partial charge in [0.05, 0.1) is 11.7 Å². The van der Waals surface area contributed by atoms with Crippen molar-refractivity contribution in [3.63, 3.8) is 0 Å². The van der Waals surface area contributed by atoms with Gasteiger partial charge in [0, 0.05) is 19.4 Å². The molecule has 0 radical (unpaired) electrons. The van der Waals surface area contributed by atoms with Gasteiger partial charge >= 0.3 is 0 Å². The second-order valence-electron chi connectivity index (χ2n) is 5.29. The maximum absolute atomic E-state index is 11.1. The molecule has 2 rings (SSSR count). The molecule has 1 aliphatic heterocycles. The first-order chi connectivity index (χ1) is 7.68. The van der Waals surface area contributed by atoms with Crippen molar-refractivity contribution < 1.29 is 14.6 Å². The molecule has 2 aliphatic rings. The van der Waals surface area contributed by atoms with Crippen molar-refractivity contribution in [3.8, 4) is 0 Å². The minimum atomic E-state index is -0.563. The molecule has 1 atom stereocenters. The number of rotatable bonds is 4. The normalized spacial score (nSPS) is 29.6. The maximum Gasteiger partial charge on any atom is 0.133 e. The smallest absolute Gasteiger partial charge is 0.133 e. The summed E-state index contributed by atoms with van der Waals surface area (Å²) in [5, 5.41) is 10.3. The molecule has 1 saturated heterocycles. The van der Waals surface area contributed by atoms with Gasteiger partial charge in [-0.2, -0.15) is 0 Å². The van der Waals surface area contributed by atoms with E-state index in [1.807, 2.05) is 0 Å². The van der Waals surface area contributed by atoms with Crippen LogP contribution in [0.15, 0.2) is 0 Å². The van der Waals surface area contributed by atoms with Crippen molar-refractivity contribution in [2.75, 3.05) is 6.61 Å². The Morgan fingerprint density at radius 2 is 2.12 bits per heavy atom. The van der Waals surface area contributed by atoms with Crippen LogP contribution in [0.2, 0.25) is 0 Å². The number of carbonyl (C=O) groups excluding carboxylic acids is 1. The van der Waals surface area contributed by atoms with Crippen LogP contribution in [-0.4, -0.2) is 29.2 Å². The fourth-order valence-corrected chi connectivity index (χ4v) is 2.77. The van der Waals surface area contributed by atoms with Crippen molar-refractivity contribution in [1.82, 2.24) is 0 Å². The molecule has 92 valence electrons. The zero-order chi connectivity index (χ0) is 11.4. The highest BCUT2D eigenvalue weighted by molar-refractivity contribution is 5.79. The van der Waals surface area contributed by atoms with Crippen molar-refractivity contribution >= 4 is 5.78 Å². The second kappa shape index (κ2) is 5.28. The van der Waals surface area contributed by atoms with Crippen LogP contribution in [0.5, 0.6) is 0 Å². The number of ketones is 1. The van der Waals surface area contributed by atoms with Crippen LogP contribution in [0.4, 0.5) is 0 Å². The van der Waals surface area contributed by atoms with E-state index in [4.69, 9.17) is 4.74 Å². The Kier molecular flexibility index (Phi) is 3.98. The number of Topliss-reactive ketones (excluding diaryl/α,β-unsaturated/α-hetero) is 1. The summed E-state index contributed by atoms with van der Waals surface area (Å²) in [7, 11) is 0. The highest BCUT2D eigenvalue weighted by Crippen LogP contribution is 2.31. The third-order valence-electron chi connectivity index (χ3n) is 3.93. The summed E-state index contributed by atoms with van der Waals surface area (Å²) in [6.07, 6.45) is 8.17. The van der Waals surface area contributed by atoms with Crippen LogP contribution in [0.3, 0.4) is 0 Å². The first-order valence-electron chi connectivity index (χ1n) is 6.54. The molecule has 1 unspecified atom stereocenters. The third kappa shape index (κ3) is 3.29. The molecule has 0 aromatic carbocycles. The molecular weight excluding hydrogens is 204 g/mol. The van der Waals surface area contributed by atoms with Crippen LogP contribution < -0.4 is 0 Å². The van der Waals surface area contributed by atoms with E-state index in [9.17, 15) is 9.90 Å². The average Bonchev–Trinajstić information content (AvgIpc) is 2.76. The lowest BCUT2D eigenvalue weighted by atomic mass is 9.80.